The van der Waals surface area contributed by atoms with Gasteiger partial charge in [-0.3, -0.25) is 0 Å². The van der Waals surface area contributed by atoms with Gasteiger partial charge in [0.15, 0.2) is 0 Å². The van der Waals surface area contributed by atoms with Crippen molar-refractivity contribution in [2.75, 3.05) is 0 Å². The first-order chi connectivity index (χ1) is 9.55. The Kier molecular flexibility index (Phi) is 4.13. The Morgan fingerprint density at radius 3 is 2.75 bits per heavy atom. The molecule has 2 rings (SSSR count). The van der Waals surface area contributed by atoms with Gasteiger partial charge in [0.25, 0.3) is 0 Å². The Morgan fingerprint density at radius 2 is 2.15 bits per heavy atom. The molecule has 2 aromatic rings. The first kappa shape index (κ1) is 14.2. The molecule has 4 heteroatoms. The van der Waals surface area contributed by atoms with Crippen molar-refractivity contribution in [2.45, 2.75) is 32.3 Å². The summed E-state index contributed by atoms with van der Waals surface area (Å²) in [5.74, 6) is -0.407. The highest BCUT2D eigenvalue weighted by Gasteiger charge is 2.34. The van der Waals surface area contributed by atoms with Crippen molar-refractivity contribution >= 4 is 5.97 Å². The summed E-state index contributed by atoms with van der Waals surface area (Å²) >= 11 is 0. The summed E-state index contributed by atoms with van der Waals surface area (Å²) in [6, 6.07) is 9.20. The molecule has 1 aromatic heterocycles. The maximum absolute atomic E-state index is 11.4. The van der Waals surface area contributed by atoms with Crippen molar-refractivity contribution in [1.82, 2.24) is 0 Å². The highest BCUT2D eigenvalue weighted by Crippen LogP contribution is 2.28. The van der Waals surface area contributed by atoms with E-state index in [0.717, 1.165) is 17.5 Å². The topological polar surface area (TPSA) is 59.7 Å². The molecule has 0 saturated heterocycles. The predicted molar refractivity (Wildman–Crippen MR) is 75.7 cm³/mol. The SMILES string of the molecule is CCCC(C)(Oc1cccc(-c2ccoc2)c1)C(=O)O. The van der Waals surface area contributed by atoms with Crippen LogP contribution in [0.15, 0.2) is 47.3 Å². The van der Waals surface area contributed by atoms with Crippen molar-refractivity contribution in [2.24, 2.45) is 0 Å². The first-order valence-electron chi connectivity index (χ1n) is 6.60. The molecular formula is C16H18O4. The third-order valence-electron chi connectivity index (χ3n) is 3.21. The van der Waals surface area contributed by atoms with Gasteiger partial charge < -0.3 is 14.3 Å². The number of rotatable bonds is 6. The van der Waals surface area contributed by atoms with E-state index in [2.05, 4.69) is 0 Å². The third-order valence-corrected chi connectivity index (χ3v) is 3.21. The van der Waals surface area contributed by atoms with Crippen LogP contribution in [0.1, 0.15) is 26.7 Å². The zero-order valence-corrected chi connectivity index (χ0v) is 11.6. The number of benzene rings is 1. The van der Waals surface area contributed by atoms with E-state index in [1.54, 1.807) is 25.5 Å². The molecule has 0 aliphatic carbocycles. The van der Waals surface area contributed by atoms with Gasteiger partial charge in [-0.25, -0.2) is 4.79 Å². The Labute approximate surface area is 118 Å². The molecular weight excluding hydrogens is 256 g/mol. The average Bonchev–Trinajstić information content (AvgIpc) is 2.93. The van der Waals surface area contributed by atoms with Crippen molar-refractivity contribution < 1.29 is 19.1 Å². The zero-order valence-electron chi connectivity index (χ0n) is 11.6. The molecule has 1 heterocycles. The standard InChI is InChI=1S/C16H18O4/c1-3-8-16(2,15(17)18)20-14-6-4-5-12(10-14)13-7-9-19-11-13/h4-7,9-11H,3,8H2,1-2H3,(H,17,18). The van der Waals surface area contributed by atoms with E-state index in [1.165, 1.54) is 0 Å². The smallest absolute Gasteiger partial charge is 0.347 e. The van der Waals surface area contributed by atoms with Crippen LogP contribution < -0.4 is 4.74 Å². The summed E-state index contributed by atoms with van der Waals surface area (Å²) in [5, 5.41) is 9.34. The van der Waals surface area contributed by atoms with E-state index in [9.17, 15) is 9.90 Å². The first-order valence-corrected chi connectivity index (χ1v) is 6.60. The van der Waals surface area contributed by atoms with Gasteiger partial charge in [0.1, 0.15) is 5.75 Å². The number of carbonyl (C=O) groups is 1. The Balaban J connectivity index is 2.25. The van der Waals surface area contributed by atoms with Gasteiger partial charge in [-0.2, -0.15) is 0 Å². The fraction of sp³-hybridized carbons (Fsp3) is 0.312. The number of carboxylic acid groups (broad SMARTS) is 1. The monoisotopic (exact) mass is 274 g/mol. The Bertz CT molecular complexity index is 574. The lowest BCUT2D eigenvalue weighted by molar-refractivity contribution is -0.154. The van der Waals surface area contributed by atoms with Crippen LogP contribution in [0.5, 0.6) is 5.75 Å². The van der Waals surface area contributed by atoms with Crippen LogP contribution in [0, 0.1) is 0 Å². The van der Waals surface area contributed by atoms with E-state index >= 15 is 0 Å². The van der Waals surface area contributed by atoms with Gasteiger partial charge in [-0.1, -0.05) is 25.5 Å². The normalized spacial score (nSPS) is 13.7. The van der Waals surface area contributed by atoms with Gasteiger partial charge in [-0.15, -0.1) is 0 Å². The number of aliphatic carboxylic acids is 1. The van der Waals surface area contributed by atoms with E-state index in [1.807, 2.05) is 31.2 Å². The summed E-state index contributed by atoms with van der Waals surface area (Å²) < 4.78 is 10.8. The molecule has 4 nitrogen and oxygen atoms in total. The second-order valence-electron chi connectivity index (χ2n) is 4.93. The fourth-order valence-electron chi connectivity index (χ4n) is 2.11. The van der Waals surface area contributed by atoms with Crippen molar-refractivity contribution in [1.29, 1.82) is 0 Å². The molecule has 0 bridgehead atoms. The molecule has 0 amide bonds. The predicted octanol–water partition coefficient (Wildman–Crippen LogP) is 3.97. The van der Waals surface area contributed by atoms with Crippen molar-refractivity contribution in [3.8, 4) is 16.9 Å². The quantitative estimate of drug-likeness (QED) is 0.865. The molecule has 0 aliphatic rings. The number of carboxylic acids is 1. The van der Waals surface area contributed by atoms with Gasteiger partial charge in [0.05, 0.1) is 12.5 Å². The summed E-state index contributed by atoms with van der Waals surface area (Å²) in [6.07, 6.45) is 4.44. The van der Waals surface area contributed by atoms with Crippen LogP contribution in [0.3, 0.4) is 0 Å². The minimum atomic E-state index is -1.20. The molecule has 1 unspecified atom stereocenters. The van der Waals surface area contributed by atoms with Crippen molar-refractivity contribution in [3.63, 3.8) is 0 Å². The van der Waals surface area contributed by atoms with Crippen LogP contribution in [-0.2, 0) is 4.79 Å². The number of ether oxygens (including phenoxy) is 1. The van der Waals surface area contributed by atoms with Gasteiger partial charge in [0.2, 0.25) is 5.60 Å². The third kappa shape index (κ3) is 3.02. The fourth-order valence-corrected chi connectivity index (χ4v) is 2.11. The highest BCUT2D eigenvalue weighted by atomic mass is 16.5. The Hall–Kier alpha value is -2.23. The van der Waals surface area contributed by atoms with Crippen LogP contribution in [0.25, 0.3) is 11.1 Å². The van der Waals surface area contributed by atoms with Crippen LogP contribution in [-0.4, -0.2) is 16.7 Å². The largest absolute Gasteiger partial charge is 0.478 e. The molecule has 0 saturated carbocycles. The number of hydrogen-bond acceptors (Lipinski definition) is 3. The molecule has 20 heavy (non-hydrogen) atoms. The van der Waals surface area contributed by atoms with Crippen LogP contribution in [0.2, 0.25) is 0 Å². The lowest BCUT2D eigenvalue weighted by Crippen LogP contribution is -2.41. The minimum Gasteiger partial charge on any atom is -0.478 e. The molecule has 0 aliphatic heterocycles. The lowest BCUT2D eigenvalue weighted by atomic mass is 10.0. The van der Waals surface area contributed by atoms with Crippen LogP contribution in [0.4, 0.5) is 0 Å². The Morgan fingerprint density at radius 1 is 1.35 bits per heavy atom. The van der Waals surface area contributed by atoms with Crippen molar-refractivity contribution in [3.05, 3.63) is 42.9 Å². The number of furan rings is 1. The molecule has 1 atom stereocenters. The minimum absolute atomic E-state index is 0.457. The molecule has 106 valence electrons. The molecule has 1 aromatic carbocycles. The molecule has 0 radical (unpaired) electrons. The maximum Gasteiger partial charge on any atom is 0.347 e. The molecule has 0 fully saturated rings. The number of hydrogen-bond donors (Lipinski definition) is 1. The van der Waals surface area contributed by atoms with E-state index in [4.69, 9.17) is 9.15 Å². The van der Waals surface area contributed by atoms with Gasteiger partial charge >= 0.3 is 5.97 Å². The van der Waals surface area contributed by atoms with E-state index in [-0.39, 0.29) is 0 Å². The lowest BCUT2D eigenvalue weighted by Gasteiger charge is -2.26. The second-order valence-corrected chi connectivity index (χ2v) is 4.93. The van der Waals surface area contributed by atoms with E-state index in [0.29, 0.717) is 12.2 Å². The summed E-state index contributed by atoms with van der Waals surface area (Å²) in [4.78, 5) is 11.4. The summed E-state index contributed by atoms with van der Waals surface area (Å²) in [6.45, 7) is 3.54. The van der Waals surface area contributed by atoms with E-state index < -0.39 is 11.6 Å². The maximum atomic E-state index is 11.4. The summed E-state index contributed by atoms with van der Waals surface area (Å²) in [5.41, 5.74) is 0.660. The van der Waals surface area contributed by atoms with Gasteiger partial charge in [-0.05, 0) is 37.1 Å². The van der Waals surface area contributed by atoms with Crippen LogP contribution >= 0.6 is 0 Å². The summed E-state index contributed by atoms with van der Waals surface area (Å²) in [7, 11) is 0. The average molecular weight is 274 g/mol. The van der Waals surface area contributed by atoms with Gasteiger partial charge in [0, 0.05) is 5.56 Å². The highest BCUT2D eigenvalue weighted by molar-refractivity contribution is 5.77. The second kappa shape index (κ2) is 5.82. The molecule has 1 N–H and O–H groups in total. The zero-order chi connectivity index (χ0) is 14.6. The molecule has 0 spiro atoms.